The molecule has 0 aliphatic heterocycles. The van der Waals surface area contributed by atoms with Crippen molar-refractivity contribution in [3.63, 3.8) is 0 Å². The minimum Gasteiger partial charge on any atom is -0.480 e. The lowest BCUT2D eigenvalue weighted by Gasteiger charge is -2.25. The fourth-order valence-corrected chi connectivity index (χ4v) is 3.47. The number of aromatic amines is 1. The van der Waals surface area contributed by atoms with Crippen LogP contribution in [0.15, 0.2) is 30.5 Å². The molecule has 0 bridgehead atoms. The summed E-state index contributed by atoms with van der Waals surface area (Å²) >= 11 is 3.98. The fourth-order valence-electron chi connectivity index (χ4n) is 3.21. The Bertz CT molecular complexity index is 1030. The second kappa shape index (κ2) is 12.4. The van der Waals surface area contributed by atoms with Gasteiger partial charge in [0.25, 0.3) is 0 Å². The zero-order valence-electron chi connectivity index (χ0n) is 18.4. The van der Waals surface area contributed by atoms with Crippen LogP contribution in [0.5, 0.6) is 0 Å². The van der Waals surface area contributed by atoms with Gasteiger partial charge in [-0.05, 0) is 25.0 Å². The van der Waals surface area contributed by atoms with Crippen molar-refractivity contribution in [3.05, 3.63) is 36.0 Å². The van der Waals surface area contributed by atoms with Gasteiger partial charge >= 0.3 is 5.97 Å². The first kappa shape index (κ1) is 27.1. The summed E-state index contributed by atoms with van der Waals surface area (Å²) in [4.78, 5) is 51.7. The third-order valence-electron chi connectivity index (χ3n) is 5.13. The molecular weight excluding hydrogens is 466 g/mol. The number of amides is 3. The summed E-state index contributed by atoms with van der Waals surface area (Å²) in [6.07, 6.45) is 0.573. The molecule has 0 aliphatic carbocycles. The average Bonchev–Trinajstić information content (AvgIpc) is 3.21. The molecular formula is C21H29N5O7S. The molecule has 3 amide bonds. The van der Waals surface area contributed by atoms with E-state index in [4.69, 9.17) is 15.9 Å². The van der Waals surface area contributed by atoms with E-state index in [0.717, 1.165) is 16.5 Å². The Morgan fingerprint density at radius 3 is 2.29 bits per heavy atom. The molecule has 5 unspecified atom stereocenters. The molecule has 0 aliphatic rings. The maximum absolute atomic E-state index is 12.7. The molecule has 1 aromatic heterocycles. The number of nitrogens with two attached hydrogens (primary N) is 1. The molecule has 186 valence electrons. The van der Waals surface area contributed by atoms with E-state index in [0.29, 0.717) is 0 Å². The van der Waals surface area contributed by atoms with E-state index in [-0.39, 0.29) is 12.2 Å². The first-order valence-electron chi connectivity index (χ1n) is 10.4. The molecule has 1 heterocycles. The zero-order valence-corrected chi connectivity index (χ0v) is 19.3. The van der Waals surface area contributed by atoms with Crippen molar-refractivity contribution < 1.29 is 34.5 Å². The zero-order chi connectivity index (χ0) is 25.4. The van der Waals surface area contributed by atoms with Crippen LogP contribution in [0.4, 0.5) is 0 Å². The number of hydrogen-bond donors (Lipinski definition) is 9. The lowest BCUT2D eigenvalue weighted by atomic mass is 10.0. The highest BCUT2D eigenvalue weighted by molar-refractivity contribution is 7.80. The van der Waals surface area contributed by atoms with E-state index in [2.05, 4.69) is 33.6 Å². The molecule has 0 saturated carbocycles. The lowest BCUT2D eigenvalue weighted by Crippen LogP contribution is -2.60. The molecule has 13 heteroatoms. The summed E-state index contributed by atoms with van der Waals surface area (Å²) in [6, 6.07) is 2.15. The van der Waals surface area contributed by atoms with Crippen molar-refractivity contribution in [1.82, 2.24) is 20.9 Å². The number of H-pyrrole nitrogens is 1. The molecule has 0 fully saturated rings. The van der Waals surface area contributed by atoms with Crippen LogP contribution in [0.3, 0.4) is 0 Å². The van der Waals surface area contributed by atoms with Gasteiger partial charge in [-0.15, -0.1) is 0 Å². The summed E-state index contributed by atoms with van der Waals surface area (Å²) in [7, 11) is 0. The summed E-state index contributed by atoms with van der Waals surface area (Å²) in [6.45, 7) is 0.423. The van der Waals surface area contributed by atoms with E-state index < -0.39 is 60.6 Å². The Labute approximate surface area is 200 Å². The number of aliphatic carboxylic acids is 1. The van der Waals surface area contributed by atoms with Crippen LogP contribution >= 0.6 is 12.6 Å². The normalized spacial score (nSPS) is 15.6. The van der Waals surface area contributed by atoms with Gasteiger partial charge in [-0.1, -0.05) is 18.2 Å². The quantitative estimate of drug-likeness (QED) is 0.148. The molecule has 0 spiro atoms. The average molecular weight is 496 g/mol. The number of nitrogens with one attached hydrogen (secondary N) is 4. The van der Waals surface area contributed by atoms with Crippen molar-refractivity contribution in [1.29, 1.82) is 0 Å². The standard InChI is InChI=1S/C21H29N5O7S/c1-10(28)17(20(31)25-16(9-34)19(30)24-15(8-27)21(32)33)26-18(29)13(22)6-11-7-23-14-5-3-2-4-12(11)14/h2-5,7,10,13,15-17,23,27-28,34H,6,8-9,22H2,1H3,(H,24,30)(H,25,31)(H,26,29)(H,32,33). The van der Waals surface area contributed by atoms with E-state index in [9.17, 15) is 24.3 Å². The molecule has 0 saturated heterocycles. The van der Waals surface area contributed by atoms with Crippen LogP contribution in [-0.4, -0.2) is 86.6 Å². The number of hydrogen-bond acceptors (Lipinski definition) is 8. The molecule has 0 radical (unpaired) electrons. The SMILES string of the molecule is CC(O)C(NC(=O)C(N)Cc1c[nH]c2ccccc12)C(=O)NC(CS)C(=O)NC(CO)C(=O)O. The lowest BCUT2D eigenvalue weighted by molar-refractivity contribution is -0.143. The third kappa shape index (κ3) is 6.93. The number of para-hydroxylation sites is 1. The Morgan fingerprint density at radius 2 is 1.71 bits per heavy atom. The van der Waals surface area contributed by atoms with Crippen LogP contribution in [0.25, 0.3) is 10.9 Å². The molecule has 2 rings (SSSR count). The monoisotopic (exact) mass is 495 g/mol. The number of carboxylic acid groups (broad SMARTS) is 1. The van der Waals surface area contributed by atoms with Crippen LogP contribution < -0.4 is 21.7 Å². The Kier molecular flexibility index (Phi) is 9.86. The molecule has 2 aromatic rings. The highest BCUT2D eigenvalue weighted by atomic mass is 32.1. The summed E-state index contributed by atoms with van der Waals surface area (Å²) in [5.41, 5.74) is 7.72. The number of carbonyl (C=O) groups is 4. The number of fused-ring (bicyclic) bond motifs is 1. The number of benzene rings is 1. The third-order valence-corrected chi connectivity index (χ3v) is 5.49. The number of aliphatic hydroxyl groups excluding tert-OH is 2. The topological polar surface area (TPSA) is 207 Å². The van der Waals surface area contributed by atoms with Gasteiger partial charge in [0.05, 0.1) is 18.8 Å². The van der Waals surface area contributed by atoms with Gasteiger partial charge in [-0.2, -0.15) is 12.6 Å². The maximum Gasteiger partial charge on any atom is 0.328 e. The first-order valence-corrected chi connectivity index (χ1v) is 11.1. The predicted molar refractivity (Wildman–Crippen MR) is 126 cm³/mol. The number of aliphatic hydroxyl groups is 2. The minimum atomic E-state index is -1.57. The van der Waals surface area contributed by atoms with Gasteiger partial charge in [-0.25, -0.2) is 4.79 Å². The van der Waals surface area contributed by atoms with Gasteiger partial charge < -0.3 is 42.0 Å². The molecule has 34 heavy (non-hydrogen) atoms. The van der Waals surface area contributed by atoms with Crippen LogP contribution in [0, 0.1) is 0 Å². The van der Waals surface area contributed by atoms with Crippen molar-refractivity contribution in [3.8, 4) is 0 Å². The summed E-state index contributed by atoms with van der Waals surface area (Å²) < 4.78 is 0. The van der Waals surface area contributed by atoms with E-state index in [1.165, 1.54) is 6.92 Å². The maximum atomic E-state index is 12.7. The highest BCUT2D eigenvalue weighted by Crippen LogP contribution is 2.18. The second-order valence-corrected chi connectivity index (χ2v) is 8.09. The van der Waals surface area contributed by atoms with Crippen LogP contribution in [0.1, 0.15) is 12.5 Å². The van der Waals surface area contributed by atoms with Gasteiger partial charge in [0.15, 0.2) is 0 Å². The number of carbonyl (C=O) groups excluding carboxylic acids is 3. The van der Waals surface area contributed by atoms with Crippen LogP contribution in [-0.2, 0) is 25.6 Å². The van der Waals surface area contributed by atoms with Gasteiger partial charge in [0.1, 0.15) is 18.1 Å². The van der Waals surface area contributed by atoms with Crippen molar-refractivity contribution >= 4 is 47.2 Å². The number of rotatable bonds is 12. The van der Waals surface area contributed by atoms with Gasteiger partial charge in [0.2, 0.25) is 17.7 Å². The molecule has 12 nitrogen and oxygen atoms in total. The first-order chi connectivity index (χ1) is 16.1. The Balaban J connectivity index is 2.03. The van der Waals surface area contributed by atoms with Crippen molar-refractivity contribution in [2.75, 3.05) is 12.4 Å². The fraction of sp³-hybridized carbons (Fsp3) is 0.429. The number of thiol groups is 1. The molecule has 5 atom stereocenters. The van der Waals surface area contributed by atoms with Gasteiger partial charge in [0, 0.05) is 22.9 Å². The minimum absolute atomic E-state index is 0.170. The predicted octanol–water partition coefficient (Wildman–Crippen LogP) is -2.12. The van der Waals surface area contributed by atoms with Crippen molar-refractivity contribution in [2.45, 2.75) is 43.6 Å². The smallest absolute Gasteiger partial charge is 0.328 e. The van der Waals surface area contributed by atoms with Gasteiger partial charge in [-0.3, -0.25) is 14.4 Å². The van der Waals surface area contributed by atoms with Crippen molar-refractivity contribution in [2.24, 2.45) is 5.73 Å². The molecule has 9 N–H and O–H groups in total. The molecule has 1 aromatic carbocycles. The summed E-state index contributed by atoms with van der Waals surface area (Å²) in [5, 5.41) is 35.7. The Hall–Kier alpha value is -3.13. The largest absolute Gasteiger partial charge is 0.480 e. The Morgan fingerprint density at radius 1 is 1.06 bits per heavy atom. The van der Waals surface area contributed by atoms with E-state index >= 15 is 0 Å². The second-order valence-electron chi connectivity index (χ2n) is 7.72. The highest BCUT2D eigenvalue weighted by Gasteiger charge is 2.32. The van der Waals surface area contributed by atoms with Crippen LogP contribution in [0.2, 0.25) is 0 Å². The summed E-state index contributed by atoms with van der Waals surface area (Å²) in [5.74, 6) is -4.16. The van der Waals surface area contributed by atoms with E-state index in [1.807, 2.05) is 24.3 Å². The van der Waals surface area contributed by atoms with E-state index in [1.54, 1.807) is 6.20 Å². The number of carboxylic acids is 1. The number of aromatic nitrogens is 1.